The molecule has 1 heterocycles. The number of benzene rings is 1. The number of ether oxygens (including phenoxy) is 4. The monoisotopic (exact) mass is 357 g/mol. The fraction of sp³-hybridized carbons (Fsp3) is 0.588. The van der Waals surface area contributed by atoms with Crippen LogP contribution in [0.4, 0.5) is 4.79 Å². The summed E-state index contributed by atoms with van der Waals surface area (Å²) in [5.74, 6) is 1.36. The van der Waals surface area contributed by atoms with E-state index in [2.05, 4.69) is 0 Å². The fourth-order valence-electron chi connectivity index (χ4n) is 2.28. The number of morpholine rings is 1. The average Bonchev–Trinajstić information content (AvgIpc) is 2.61. The van der Waals surface area contributed by atoms with Gasteiger partial charge >= 0.3 is 6.09 Å². The number of carbonyl (C=O) groups is 1. The molecule has 0 aliphatic carbocycles. The van der Waals surface area contributed by atoms with Gasteiger partial charge in [0.2, 0.25) is 0 Å². The van der Waals surface area contributed by atoms with Gasteiger partial charge in [-0.1, -0.05) is 30.7 Å². The zero-order valence-electron chi connectivity index (χ0n) is 14.1. The second kappa shape index (κ2) is 9.59. The van der Waals surface area contributed by atoms with Crippen molar-refractivity contribution in [2.45, 2.75) is 31.9 Å². The molecule has 1 unspecified atom stereocenters. The number of alkyl halides is 1. The van der Waals surface area contributed by atoms with Crippen molar-refractivity contribution >= 4 is 17.7 Å². The van der Waals surface area contributed by atoms with Crippen molar-refractivity contribution < 1.29 is 23.7 Å². The van der Waals surface area contributed by atoms with Gasteiger partial charge in [-0.05, 0) is 25.5 Å². The summed E-state index contributed by atoms with van der Waals surface area (Å²) in [5.41, 5.74) is -0.604. The molecule has 1 aliphatic heterocycles. The molecule has 1 aromatic rings. The van der Waals surface area contributed by atoms with Gasteiger partial charge in [0.15, 0.2) is 17.1 Å². The molecule has 0 spiro atoms. The summed E-state index contributed by atoms with van der Waals surface area (Å²) in [5, 5.41) is 0. The number of hydrogen-bond donors (Lipinski definition) is 0. The number of nitrogens with zero attached hydrogens (tertiary/aromatic N) is 1. The minimum Gasteiger partial charge on any atom is -0.490 e. The zero-order chi connectivity index (χ0) is 17.4. The molecule has 1 saturated heterocycles. The van der Waals surface area contributed by atoms with Crippen molar-refractivity contribution in [3.8, 4) is 11.5 Å². The smallest absolute Gasteiger partial charge is 0.411 e. The van der Waals surface area contributed by atoms with Crippen LogP contribution >= 0.6 is 11.6 Å². The summed E-state index contributed by atoms with van der Waals surface area (Å²) in [6.07, 6.45) is -0.0745. The topological polar surface area (TPSA) is 57.2 Å². The van der Waals surface area contributed by atoms with E-state index < -0.39 is 11.7 Å². The Hall–Kier alpha value is -1.66. The lowest BCUT2D eigenvalue weighted by Gasteiger charge is -2.32. The van der Waals surface area contributed by atoms with Gasteiger partial charge in [0.1, 0.15) is 12.7 Å². The largest absolute Gasteiger partial charge is 0.490 e. The predicted octanol–water partition coefficient (Wildman–Crippen LogP) is 3.28. The molecular formula is C17H24ClNO5. The Morgan fingerprint density at radius 1 is 1.33 bits per heavy atom. The highest BCUT2D eigenvalue weighted by Crippen LogP contribution is 2.26. The average molecular weight is 358 g/mol. The Kier molecular flexibility index (Phi) is 7.46. The van der Waals surface area contributed by atoms with Crippen LogP contribution in [0.2, 0.25) is 0 Å². The summed E-state index contributed by atoms with van der Waals surface area (Å²) >= 11 is 5.86. The van der Waals surface area contributed by atoms with Crippen LogP contribution in [0.5, 0.6) is 11.5 Å². The third-order valence-corrected chi connectivity index (χ3v) is 3.92. The number of para-hydroxylation sites is 2. The highest BCUT2D eigenvalue weighted by molar-refractivity contribution is 6.20. The van der Waals surface area contributed by atoms with Crippen molar-refractivity contribution in [2.24, 2.45) is 0 Å². The van der Waals surface area contributed by atoms with E-state index in [1.807, 2.05) is 38.1 Å². The first-order chi connectivity index (χ1) is 11.6. The molecule has 0 bridgehead atoms. The summed E-state index contributed by atoms with van der Waals surface area (Å²) in [4.78, 5) is 13.6. The molecule has 134 valence electrons. The molecule has 0 saturated carbocycles. The number of carbonyl (C=O) groups excluding carboxylic acids is 1. The molecule has 0 aromatic heterocycles. The SMILES string of the molecule is CCOc1ccccc1OCC1CN(C(=O)O[C@@H](Cl)CC)CCO1. The minimum absolute atomic E-state index is 0.226. The first-order valence-electron chi connectivity index (χ1n) is 8.19. The van der Waals surface area contributed by atoms with Crippen LogP contribution in [0.25, 0.3) is 0 Å². The van der Waals surface area contributed by atoms with Crippen LogP contribution in [0, 0.1) is 0 Å². The van der Waals surface area contributed by atoms with Crippen molar-refractivity contribution in [1.29, 1.82) is 0 Å². The van der Waals surface area contributed by atoms with Crippen molar-refractivity contribution in [3.63, 3.8) is 0 Å². The van der Waals surface area contributed by atoms with Crippen LogP contribution in [0.15, 0.2) is 24.3 Å². The van der Waals surface area contributed by atoms with Gasteiger partial charge in [0, 0.05) is 6.54 Å². The Labute approximate surface area is 147 Å². The Morgan fingerprint density at radius 3 is 2.71 bits per heavy atom. The minimum atomic E-state index is -0.604. The van der Waals surface area contributed by atoms with E-state index in [-0.39, 0.29) is 6.10 Å². The molecule has 1 aromatic carbocycles. The number of amides is 1. The summed E-state index contributed by atoms with van der Waals surface area (Å²) in [6.45, 7) is 6.00. The van der Waals surface area contributed by atoms with Gasteiger partial charge < -0.3 is 23.8 Å². The predicted molar refractivity (Wildman–Crippen MR) is 90.8 cm³/mol. The molecule has 0 radical (unpaired) electrons. The highest BCUT2D eigenvalue weighted by atomic mass is 35.5. The molecule has 24 heavy (non-hydrogen) atoms. The van der Waals surface area contributed by atoms with E-state index in [0.717, 1.165) is 0 Å². The molecule has 1 fully saturated rings. The maximum Gasteiger partial charge on any atom is 0.411 e. The standard InChI is InChI=1S/C17H24ClNO5/c1-3-16(18)24-17(20)19-9-10-22-13(11-19)12-23-15-8-6-5-7-14(15)21-4-2/h5-8,13,16H,3-4,9-12H2,1-2H3/t13?,16-/m1/s1. The lowest BCUT2D eigenvalue weighted by molar-refractivity contribution is -0.0467. The fourth-order valence-corrected chi connectivity index (χ4v) is 2.36. The van der Waals surface area contributed by atoms with E-state index in [4.69, 9.17) is 30.5 Å². The van der Waals surface area contributed by atoms with Gasteiger partial charge in [-0.25, -0.2) is 4.79 Å². The second-order valence-electron chi connectivity index (χ2n) is 5.33. The summed E-state index contributed by atoms with van der Waals surface area (Å²) in [7, 11) is 0. The lowest BCUT2D eigenvalue weighted by atomic mass is 10.3. The molecular weight excluding hydrogens is 334 g/mol. The van der Waals surface area contributed by atoms with E-state index in [0.29, 0.717) is 50.8 Å². The van der Waals surface area contributed by atoms with Gasteiger partial charge in [0.05, 0.1) is 19.8 Å². The van der Waals surface area contributed by atoms with Crippen LogP contribution in [0.1, 0.15) is 20.3 Å². The third-order valence-electron chi connectivity index (χ3n) is 3.52. The normalized spacial score (nSPS) is 18.8. The van der Waals surface area contributed by atoms with Crippen LogP contribution in [0.3, 0.4) is 0 Å². The van der Waals surface area contributed by atoms with Crippen molar-refractivity contribution in [3.05, 3.63) is 24.3 Å². The number of rotatable bonds is 7. The summed E-state index contributed by atoms with van der Waals surface area (Å²) in [6, 6.07) is 7.48. The number of hydrogen-bond acceptors (Lipinski definition) is 5. The van der Waals surface area contributed by atoms with Crippen LogP contribution in [-0.4, -0.2) is 55.6 Å². The Balaban J connectivity index is 1.86. The molecule has 1 aliphatic rings. The zero-order valence-corrected chi connectivity index (χ0v) is 14.8. The maximum atomic E-state index is 12.0. The Morgan fingerprint density at radius 2 is 2.04 bits per heavy atom. The van der Waals surface area contributed by atoms with Gasteiger partial charge in [0.25, 0.3) is 0 Å². The molecule has 0 N–H and O–H groups in total. The Bertz CT molecular complexity index is 527. The lowest BCUT2D eigenvalue weighted by Crippen LogP contribution is -2.48. The second-order valence-corrected chi connectivity index (χ2v) is 5.82. The first kappa shape index (κ1) is 18.7. The van der Waals surface area contributed by atoms with Crippen LogP contribution < -0.4 is 9.47 Å². The van der Waals surface area contributed by atoms with E-state index in [9.17, 15) is 4.79 Å². The molecule has 6 nitrogen and oxygen atoms in total. The van der Waals surface area contributed by atoms with E-state index in [1.165, 1.54) is 0 Å². The summed E-state index contributed by atoms with van der Waals surface area (Å²) < 4.78 is 22.1. The van der Waals surface area contributed by atoms with Gasteiger partial charge in [-0.15, -0.1) is 0 Å². The number of halogens is 1. The quantitative estimate of drug-likeness (QED) is 0.701. The maximum absolute atomic E-state index is 12.0. The van der Waals surface area contributed by atoms with Gasteiger partial charge in [-0.3, -0.25) is 0 Å². The van der Waals surface area contributed by atoms with Crippen molar-refractivity contribution in [2.75, 3.05) is 32.9 Å². The molecule has 2 atom stereocenters. The van der Waals surface area contributed by atoms with E-state index in [1.54, 1.807) is 4.90 Å². The van der Waals surface area contributed by atoms with E-state index >= 15 is 0 Å². The highest BCUT2D eigenvalue weighted by Gasteiger charge is 2.27. The van der Waals surface area contributed by atoms with Crippen LogP contribution in [-0.2, 0) is 9.47 Å². The van der Waals surface area contributed by atoms with Crippen molar-refractivity contribution in [1.82, 2.24) is 4.90 Å². The molecule has 2 rings (SSSR count). The third kappa shape index (κ3) is 5.46. The molecule has 7 heteroatoms. The van der Waals surface area contributed by atoms with Gasteiger partial charge in [-0.2, -0.15) is 0 Å². The molecule has 1 amide bonds. The first-order valence-corrected chi connectivity index (χ1v) is 8.63.